The number of aromatic nitrogens is 1. The van der Waals surface area contributed by atoms with E-state index in [1.807, 2.05) is 0 Å². The topological polar surface area (TPSA) is 82.8 Å². The summed E-state index contributed by atoms with van der Waals surface area (Å²) in [6.45, 7) is 5.72. The minimum absolute atomic E-state index is 0.162. The molecule has 0 aliphatic carbocycles. The van der Waals surface area contributed by atoms with Crippen LogP contribution in [0.5, 0.6) is 0 Å². The number of amides is 1. The molecule has 7 nitrogen and oxygen atoms in total. The summed E-state index contributed by atoms with van der Waals surface area (Å²) in [4.78, 5) is 24.9. The summed E-state index contributed by atoms with van der Waals surface area (Å²) in [6, 6.07) is 1.57. The quantitative estimate of drug-likeness (QED) is 0.443. The molecule has 0 fully saturated rings. The highest BCUT2D eigenvalue weighted by Gasteiger charge is 2.33. The molecule has 2 heterocycles. The van der Waals surface area contributed by atoms with E-state index in [1.54, 1.807) is 26.8 Å². The molecule has 0 bridgehead atoms. The van der Waals surface area contributed by atoms with Gasteiger partial charge in [-0.1, -0.05) is 0 Å². The first-order valence-electron chi connectivity index (χ1n) is 6.52. The van der Waals surface area contributed by atoms with Crippen LogP contribution in [0.25, 0.3) is 0 Å². The van der Waals surface area contributed by atoms with Gasteiger partial charge in [0.15, 0.2) is 6.20 Å². The third-order valence-electron chi connectivity index (χ3n) is 3.00. The molecular formula is C14H18N2O5. The molecule has 1 aliphatic rings. The molecular weight excluding hydrogens is 276 g/mol. The van der Waals surface area contributed by atoms with Crippen LogP contribution in [0.2, 0.25) is 0 Å². The van der Waals surface area contributed by atoms with Crippen molar-refractivity contribution < 1.29 is 23.8 Å². The Bertz CT molecular complexity index is 592. The SMILES string of the molecule is COC(=O)c1cc2c([n+]([O-])c1)CN(C(=O)OC(C)(C)C)C2. The average molecular weight is 294 g/mol. The van der Waals surface area contributed by atoms with Gasteiger partial charge in [-0.05, 0) is 26.8 Å². The molecule has 2 rings (SSSR count). The van der Waals surface area contributed by atoms with E-state index in [1.165, 1.54) is 12.0 Å². The maximum absolute atomic E-state index is 12.0. The molecule has 0 aromatic carbocycles. The predicted molar refractivity (Wildman–Crippen MR) is 72.2 cm³/mol. The number of carbonyl (C=O) groups is 2. The zero-order chi connectivity index (χ0) is 15.8. The molecule has 7 heteroatoms. The number of nitrogens with zero attached hydrogens (tertiary/aromatic N) is 2. The fourth-order valence-corrected chi connectivity index (χ4v) is 2.09. The van der Waals surface area contributed by atoms with E-state index in [0.717, 1.165) is 6.20 Å². The normalized spacial score (nSPS) is 13.8. The Balaban J connectivity index is 2.21. The summed E-state index contributed by atoms with van der Waals surface area (Å²) in [5.74, 6) is -0.585. The Hall–Kier alpha value is -2.31. The Kier molecular flexibility index (Phi) is 3.76. The van der Waals surface area contributed by atoms with Gasteiger partial charge in [0.2, 0.25) is 5.69 Å². The van der Waals surface area contributed by atoms with E-state index >= 15 is 0 Å². The fourth-order valence-electron chi connectivity index (χ4n) is 2.09. The first-order chi connectivity index (χ1) is 9.71. The van der Waals surface area contributed by atoms with Crippen molar-refractivity contribution >= 4 is 12.1 Å². The average Bonchev–Trinajstić information content (AvgIpc) is 2.80. The highest BCUT2D eigenvalue weighted by atomic mass is 16.6. The molecule has 1 aliphatic heterocycles. The first-order valence-corrected chi connectivity index (χ1v) is 6.52. The summed E-state index contributed by atoms with van der Waals surface area (Å²) < 4.78 is 10.5. The van der Waals surface area contributed by atoms with Crippen LogP contribution >= 0.6 is 0 Å². The number of carbonyl (C=O) groups excluding carboxylic acids is 2. The van der Waals surface area contributed by atoms with Crippen molar-refractivity contribution in [1.29, 1.82) is 0 Å². The fraction of sp³-hybridized carbons (Fsp3) is 0.500. The van der Waals surface area contributed by atoms with Crippen LogP contribution in [0.1, 0.15) is 42.4 Å². The van der Waals surface area contributed by atoms with Crippen LogP contribution in [0.3, 0.4) is 0 Å². The zero-order valence-electron chi connectivity index (χ0n) is 12.5. The van der Waals surface area contributed by atoms with Gasteiger partial charge >= 0.3 is 12.1 Å². The monoisotopic (exact) mass is 294 g/mol. The van der Waals surface area contributed by atoms with Gasteiger partial charge in [-0.25, -0.2) is 9.59 Å². The van der Waals surface area contributed by atoms with Crippen LogP contribution < -0.4 is 4.73 Å². The lowest BCUT2D eigenvalue weighted by atomic mass is 10.1. The van der Waals surface area contributed by atoms with E-state index in [-0.39, 0.29) is 18.7 Å². The van der Waals surface area contributed by atoms with Crippen LogP contribution in [0.15, 0.2) is 12.3 Å². The third kappa shape index (κ3) is 3.24. The van der Waals surface area contributed by atoms with E-state index < -0.39 is 17.7 Å². The number of esters is 1. The van der Waals surface area contributed by atoms with Gasteiger partial charge in [-0.2, -0.15) is 4.73 Å². The van der Waals surface area contributed by atoms with Crippen molar-refractivity contribution in [2.24, 2.45) is 0 Å². The molecule has 0 atom stereocenters. The summed E-state index contributed by atoms with van der Waals surface area (Å²) in [7, 11) is 1.25. The standard InChI is InChI=1S/C14H18N2O5/c1-14(2,3)21-13(18)15-6-9-5-10(12(17)20-4)7-16(19)11(9)8-15/h5,7H,6,8H2,1-4H3. The Morgan fingerprint density at radius 3 is 2.57 bits per heavy atom. The molecule has 0 saturated carbocycles. The van der Waals surface area contributed by atoms with Crippen molar-refractivity contribution in [2.45, 2.75) is 39.5 Å². The Morgan fingerprint density at radius 1 is 1.33 bits per heavy atom. The maximum Gasteiger partial charge on any atom is 0.411 e. The second-order valence-corrected chi connectivity index (χ2v) is 5.85. The molecule has 1 aromatic heterocycles. The molecule has 0 radical (unpaired) electrons. The number of ether oxygens (including phenoxy) is 2. The Labute approximate surface area is 122 Å². The van der Waals surface area contributed by atoms with Crippen molar-refractivity contribution in [3.63, 3.8) is 0 Å². The summed E-state index contributed by atoms with van der Waals surface area (Å²) in [5, 5.41) is 11.9. The highest BCUT2D eigenvalue weighted by molar-refractivity contribution is 5.89. The lowest BCUT2D eigenvalue weighted by molar-refractivity contribution is -0.614. The second kappa shape index (κ2) is 5.23. The smallest absolute Gasteiger partial charge is 0.411 e. The summed E-state index contributed by atoms with van der Waals surface area (Å²) in [6.07, 6.45) is 0.668. The van der Waals surface area contributed by atoms with E-state index in [4.69, 9.17) is 4.74 Å². The van der Waals surface area contributed by atoms with Crippen LogP contribution in [-0.4, -0.2) is 29.7 Å². The third-order valence-corrected chi connectivity index (χ3v) is 3.00. The lowest BCUT2D eigenvalue weighted by Gasteiger charge is -2.23. The summed E-state index contributed by atoms with van der Waals surface area (Å²) >= 11 is 0. The Morgan fingerprint density at radius 2 is 2.00 bits per heavy atom. The van der Waals surface area contributed by atoms with Gasteiger partial charge in [0.25, 0.3) is 0 Å². The van der Waals surface area contributed by atoms with Gasteiger partial charge in [-0.15, -0.1) is 0 Å². The molecule has 21 heavy (non-hydrogen) atoms. The van der Waals surface area contributed by atoms with Crippen LogP contribution in [0, 0.1) is 5.21 Å². The van der Waals surface area contributed by atoms with Crippen molar-refractivity contribution in [3.05, 3.63) is 34.3 Å². The van der Waals surface area contributed by atoms with Crippen molar-refractivity contribution in [1.82, 2.24) is 4.90 Å². The van der Waals surface area contributed by atoms with Crippen molar-refractivity contribution in [2.75, 3.05) is 7.11 Å². The molecule has 1 amide bonds. The summed E-state index contributed by atoms with van der Waals surface area (Å²) in [5.41, 5.74) is 0.626. The molecule has 0 unspecified atom stereocenters. The largest absolute Gasteiger partial charge is 0.618 e. The number of fused-ring (bicyclic) bond motifs is 1. The first kappa shape index (κ1) is 15.1. The van der Waals surface area contributed by atoms with Crippen LogP contribution in [-0.2, 0) is 22.6 Å². The minimum atomic E-state index is -0.601. The zero-order valence-corrected chi connectivity index (χ0v) is 12.5. The van der Waals surface area contributed by atoms with Gasteiger partial charge in [0, 0.05) is 5.56 Å². The number of hydrogen-bond acceptors (Lipinski definition) is 5. The maximum atomic E-state index is 12.0. The highest BCUT2D eigenvalue weighted by Crippen LogP contribution is 2.23. The molecule has 114 valence electrons. The number of hydrogen-bond donors (Lipinski definition) is 0. The molecule has 1 aromatic rings. The van der Waals surface area contributed by atoms with Crippen molar-refractivity contribution in [3.8, 4) is 0 Å². The lowest BCUT2D eigenvalue weighted by Crippen LogP contribution is -2.36. The second-order valence-electron chi connectivity index (χ2n) is 5.85. The van der Waals surface area contributed by atoms with Gasteiger partial charge in [-0.3, -0.25) is 4.90 Å². The minimum Gasteiger partial charge on any atom is -0.618 e. The van der Waals surface area contributed by atoms with Gasteiger partial charge in [0.1, 0.15) is 17.7 Å². The van der Waals surface area contributed by atoms with Gasteiger partial charge < -0.3 is 14.7 Å². The van der Waals surface area contributed by atoms with E-state index in [2.05, 4.69) is 4.74 Å². The van der Waals surface area contributed by atoms with Gasteiger partial charge in [0.05, 0.1) is 13.7 Å². The van der Waals surface area contributed by atoms with Crippen LogP contribution in [0.4, 0.5) is 4.79 Å². The van der Waals surface area contributed by atoms with E-state index in [9.17, 15) is 14.8 Å². The molecule has 0 saturated heterocycles. The predicted octanol–water partition coefficient (Wildman–Crippen LogP) is 1.36. The molecule has 0 spiro atoms. The number of pyridine rings is 1. The van der Waals surface area contributed by atoms with E-state index in [0.29, 0.717) is 16.0 Å². The number of rotatable bonds is 1. The molecule has 0 N–H and O–H groups in total. The number of methoxy groups -OCH3 is 1.